The van der Waals surface area contributed by atoms with E-state index in [1.165, 1.54) is 0 Å². The van der Waals surface area contributed by atoms with Crippen LogP contribution < -0.4 is 0 Å². The average Bonchev–Trinajstić information content (AvgIpc) is 2.51. The van der Waals surface area contributed by atoms with Gasteiger partial charge in [-0.05, 0) is 22.4 Å². The van der Waals surface area contributed by atoms with Crippen molar-refractivity contribution in [1.82, 2.24) is 0 Å². The summed E-state index contributed by atoms with van der Waals surface area (Å²) in [7, 11) is 0. The van der Waals surface area contributed by atoms with E-state index in [4.69, 9.17) is 0 Å². The first-order chi connectivity index (χ1) is 6.77. The van der Waals surface area contributed by atoms with Crippen LogP contribution in [0.5, 0.6) is 0 Å². The van der Waals surface area contributed by atoms with Crippen molar-refractivity contribution in [2.45, 2.75) is 6.42 Å². The van der Waals surface area contributed by atoms with Gasteiger partial charge in [0.05, 0.1) is 0 Å². The highest BCUT2D eigenvalue weighted by Crippen LogP contribution is 2.35. The van der Waals surface area contributed by atoms with Crippen LogP contribution in [-0.4, -0.2) is 5.78 Å². The van der Waals surface area contributed by atoms with E-state index in [9.17, 15) is 4.79 Å². The van der Waals surface area contributed by atoms with Gasteiger partial charge in [-0.2, -0.15) is 0 Å². The van der Waals surface area contributed by atoms with Crippen molar-refractivity contribution in [3.8, 4) is 0 Å². The predicted molar refractivity (Wildman–Crippen MR) is 59.7 cm³/mol. The molecule has 14 heavy (non-hydrogen) atoms. The number of hydrogen-bond donors (Lipinski definition) is 0. The summed E-state index contributed by atoms with van der Waals surface area (Å²) in [6, 6.07) is 10.1. The van der Waals surface area contributed by atoms with Crippen molar-refractivity contribution in [2.24, 2.45) is 0 Å². The van der Waals surface area contributed by atoms with Gasteiger partial charge in [0.1, 0.15) is 0 Å². The zero-order valence-corrected chi connectivity index (χ0v) is 8.97. The minimum absolute atomic E-state index is 0.226. The Kier molecular flexibility index (Phi) is 1.56. The molecule has 0 fully saturated rings. The lowest BCUT2D eigenvalue weighted by Crippen LogP contribution is -1.94. The number of carbonyl (C=O) groups excluding carboxylic acids is 1. The van der Waals surface area contributed by atoms with Crippen LogP contribution in [0.15, 0.2) is 34.8 Å². The summed E-state index contributed by atoms with van der Waals surface area (Å²) in [5.74, 6) is 0.226. The molecule has 0 heterocycles. The van der Waals surface area contributed by atoms with E-state index in [2.05, 4.69) is 15.9 Å². The van der Waals surface area contributed by atoms with Gasteiger partial charge in [0.15, 0.2) is 5.78 Å². The number of carbonyl (C=O) groups is 1. The van der Waals surface area contributed by atoms with Gasteiger partial charge in [-0.15, -0.1) is 0 Å². The van der Waals surface area contributed by atoms with Crippen LogP contribution in [-0.2, 0) is 6.42 Å². The van der Waals surface area contributed by atoms with Crippen LogP contribution >= 0.6 is 15.9 Å². The molecule has 0 spiro atoms. The van der Waals surface area contributed by atoms with Crippen molar-refractivity contribution in [1.29, 1.82) is 0 Å². The van der Waals surface area contributed by atoms with Gasteiger partial charge in [0.2, 0.25) is 0 Å². The van der Waals surface area contributed by atoms with Crippen molar-refractivity contribution < 1.29 is 4.79 Å². The first kappa shape index (κ1) is 8.18. The van der Waals surface area contributed by atoms with Gasteiger partial charge >= 0.3 is 0 Å². The summed E-state index contributed by atoms with van der Waals surface area (Å²) < 4.78 is 0.917. The van der Waals surface area contributed by atoms with Crippen LogP contribution in [0.4, 0.5) is 0 Å². The molecule has 0 aromatic heterocycles. The van der Waals surface area contributed by atoms with Crippen molar-refractivity contribution in [2.75, 3.05) is 0 Å². The highest BCUT2D eigenvalue weighted by molar-refractivity contribution is 9.10. The number of rotatable bonds is 0. The molecule has 0 N–H and O–H groups in total. The zero-order valence-electron chi connectivity index (χ0n) is 7.38. The van der Waals surface area contributed by atoms with E-state index in [-0.39, 0.29) is 5.78 Å². The van der Waals surface area contributed by atoms with Crippen LogP contribution in [0.3, 0.4) is 0 Å². The quantitative estimate of drug-likeness (QED) is 0.697. The molecule has 0 aliphatic heterocycles. The summed E-state index contributed by atoms with van der Waals surface area (Å²) >= 11 is 3.43. The second-order valence-electron chi connectivity index (χ2n) is 3.54. The molecule has 1 aliphatic carbocycles. The van der Waals surface area contributed by atoms with E-state index < -0.39 is 0 Å². The Bertz CT molecular complexity index is 557. The number of halogens is 1. The Labute approximate surface area is 89.9 Å². The molecular weight excluding hydrogens is 240 g/mol. The van der Waals surface area contributed by atoms with E-state index in [1.54, 1.807) is 0 Å². The lowest BCUT2D eigenvalue weighted by atomic mass is 10.1. The minimum atomic E-state index is 0.226. The molecule has 0 saturated heterocycles. The molecule has 1 aliphatic rings. The molecule has 0 bridgehead atoms. The van der Waals surface area contributed by atoms with Crippen LogP contribution in [0.1, 0.15) is 15.9 Å². The lowest BCUT2D eigenvalue weighted by molar-refractivity contribution is 0.0999. The molecule has 0 unspecified atom stereocenters. The Morgan fingerprint density at radius 1 is 1.14 bits per heavy atom. The number of benzene rings is 2. The van der Waals surface area contributed by atoms with Gasteiger partial charge in [-0.25, -0.2) is 0 Å². The van der Waals surface area contributed by atoms with Gasteiger partial charge in [-0.3, -0.25) is 4.79 Å². The van der Waals surface area contributed by atoms with Gasteiger partial charge in [-0.1, -0.05) is 40.2 Å². The predicted octanol–water partition coefficient (Wildman–Crippen LogP) is 3.34. The molecular formula is C12H7BrO. The Morgan fingerprint density at radius 2 is 2.00 bits per heavy atom. The molecule has 2 aromatic rings. The second kappa shape index (κ2) is 2.67. The first-order valence-electron chi connectivity index (χ1n) is 4.50. The molecule has 3 rings (SSSR count). The number of hydrogen-bond acceptors (Lipinski definition) is 1. The molecule has 0 saturated carbocycles. The first-order valence-corrected chi connectivity index (χ1v) is 5.30. The maximum Gasteiger partial charge on any atom is 0.169 e. The second-order valence-corrected chi connectivity index (χ2v) is 4.39. The molecule has 2 heteroatoms. The summed E-state index contributed by atoms with van der Waals surface area (Å²) in [5.41, 5.74) is 2.02. The maximum absolute atomic E-state index is 11.7. The molecule has 0 atom stereocenters. The van der Waals surface area contributed by atoms with Crippen molar-refractivity contribution >= 4 is 32.5 Å². The summed E-state index contributed by atoms with van der Waals surface area (Å²) in [4.78, 5) is 11.7. The molecule has 2 aromatic carbocycles. The van der Waals surface area contributed by atoms with Crippen LogP contribution in [0, 0.1) is 0 Å². The van der Waals surface area contributed by atoms with Gasteiger partial charge in [0, 0.05) is 16.5 Å². The third-order valence-electron chi connectivity index (χ3n) is 2.71. The fourth-order valence-electron chi connectivity index (χ4n) is 2.11. The third-order valence-corrected chi connectivity index (χ3v) is 3.37. The summed E-state index contributed by atoms with van der Waals surface area (Å²) in [6.45, 7) is 0. The highest BCUT2D eigenvalue weighted by Gasteiger charge is 2.23. The zero-order chi connectivity index (χ0) is 9.71. The van der Waals surface area contributed by atoms with E-state index in [0.29, 0.717) is 6.42 Å². The van der Waals surface area contributed by atoms with Crippen molar-refractivity contribution in [3.63, 3.8) is 0 Å². The smallest absolute Gasteiger partial charge is 0.169 e. The Balaban J connectivity index is 2.59. The van der Waals surface area contributed by atoms with E-state index in [0.717, 1.165) is 26.4 Å². The molecule has 68 valence electrons. The fraction of sp³-hybridized carbons (Fsp3) is 0.0833. The topological polar surface area (TPSA) is 17.1 Å². The normalized spacial score (nSPS) is 13.9. The van der Waals surface area contributed by atoms with Crippen molar-refractivity contribution in [3.05, 3.63) is 45.9 Å². The van der Waals surface area contributed by atoms with E-state index in [1.807, 2.05) is 30.3 Å². The third kappa shape index (κ3) is 0.919. The van der Waals surface area contributed by atoms with Crippen LogP contribution in [0.2, 0.25) is 0 Å². The lowest BCUT2D eigenvalue weighted by Gasteiger charge is -2.01. The fourth-order valence-corrected chi connectivity index (χ4v) is 2.66. The standard InChI is InChI=1S/C12H7BrO/c13-9-5-4-7-2-1-3-8-6-10(14)12(9)11(7)8/h1-5H,6H2. The Morgan fingerprint density at radius 3 is 2.86 bits per heavy atom. The summed E-state index contributed by atoms with van der Waals surface area (Å²) in [5, 5.41) is 2.29. The monoisotopic (exact) mass is 246 g/mol. The van der Waals surface area contributed by atoms with Gasteiger partial charge in [0.25, 0.3) is 0 Å². The van der Waals surface area contributed by atoms with Gasteiger partial charge < -0.3 is 0 Å². The molecule has 0 amide bonds. The SMILES string of the molecule is O=C1Cc2cccc3ccc(Br)c1c23. The average molecular weight is 247 g/mol. The maximum atomic E-state index is 11.7. The van der Waals surface area contributed by atoms with Crippen LogP contribution in [0.25, 0.3) is 10.8 Å². The largest absolute Gasteiger partial charge is 0.294 e. The Hall–Kier alpha value is -1.15. The van der Waals surface area contributed by atoms with E-state index >= 15 is 0 Å². The summed E-state index contributed by atoms with van der Waals surface area (Å²) in [6.07, 6.45) is 0.551. The molecule has 0 radical (unpaired) electrons. The minimum Gasteiger partial charge on any atom is -0.294 e. The number of Topliss-reactive ketones (excluding diaryl/α,β-unsaturated/α-hetero) is 1. The number of ketones is 1. The molecule has 1 nitrogen and oxygen atoms in total. The highest BCUT2D eigenvalue weighted by atomic mass is 79.9.